The van der Waals surface area contributed by atoms with Gasteiger partial charge in [0.1, 0.15) is 24.1 Å². The summed E-state index contributed by atoms with van der Waals surface area (Å²) in [5.74, 6) is -0.0837. The first kappa shape index (κ1) is 32.2. The lowest BCUT2D eigenvalue weighted by atomic mass is 9.95. The number of hydrogen-bond donors (Lipinski definition) is 1. The fraction of sp³-hybridized carbons (Fsp3) is 0.375. The van der Waals surface area contributed by atoms with Gasteiger partial charge in [-0.2, -0.15) is 0 Å². The van der Waals surface area contributed by atoms with Crippen LogP contribution in [0.15, 0.2) is 77.7 Å². The molecule has 0 heterocycles. The highest BCUT2D eigenvalue weighted by molar-refractivity contribution is 7.92. The van der Waals surface area contributed by atoms with Crippen molar-refractivity contribution in [3.8, 4) is 11.5 Å². The monoisotopic (exact) mass is 627 g/mol. The highest BCUT2D eigenvalue weighted by atomic mass is 35.5. The third kappa shape index (κ3) is 8.00. The number of nitrogens with zero attached hydrogens (tertiary/aromatic N) is 2. The average molecular weight is 628 g/mol. The minimum Gasteiger partial charge on any atom is -0.497 e. The summed E-state index contributed by atoms with van der Waals surface area (Å²) in [5.41, 5.74) is 0.899. The van der Waals surface area contributed by atoms with Gasteiger partial charge in [-0.1, -0.05) is 55.1 Å². The SMILES string of the molecule is COc1ccc(S(=O)(=O)N(CC(=O)N(Cc2cccc(Cl)c2)C(C)C(=O)NC2CCCCC2)c2ccccc2OC)cc1. The Bertz CT molecular complexity index is 1510. The van der Waals surface area contributed by atoms with Crippen molar-refractivity contribution in [2.45, 2.75) is 62.6 Å². The Morgan fingerprint density at radius 3 is 2.30 bits per heavy atom. The van der Waals surface area contributed by atoms with Crippen LogP contribution < -0.4 is 19.1 Å². The predicted molar refractivity (Wildman–Crippen MR) is 167 cm³/mol. The molecule has 4 rings (SSSR count). The van der Waals surface area contributed by atoms with Crippen molar-refractivity contribution in [2.24, 2.45) is 0 Å². The second-order valence-electron chi connectivity index (χ2n) is 10.5. The van der Waals surface area contributed by atoms with E-state index < -0.39 is 28.5 Å². The van der Waals surface area contributed by atoms with Crippen molar-refractivity contribution >= 4 is 39.1 Å². The zero-order chi connectivity index (χ0) is 31.0. The Morgan fingerprint density at radius 2 is 1.65 bits per heavy atom. The van der Waals surface area contributed by atoms with Crippen LogP contribution in [0.4, 0.5) is 5.69 Å². The van der Waals surface area contributed by atoms with Crippen LogP contribution in [-0.2, 0) is 26.2 Å². The second-order valence-corrected chi connectivity index (χ2v) is 12.8. The van der Waals surface area contributed by atoms with Crippen molar-refractivity contribution in [1.82, 2.24) is 10.2 Å². The van der Waals surface area contributed by atoms with Gasteiger partial charge in [-0.15, -0.1) is 0 Å². The van der Waals surface area contributed by atoms with Gasteiger partial charge in [-0.3, -0.25) is 13.9 Å². The molecular formula is C32H38ClN3O6S. The van der Waals surface area contributed by atoms with Crippen LogP contribution >= 0.6 is 11.6 Å². The van der Waals surface area contributed by atoms with E-state index in [2.05, 4.69) is 5.32 Å². The van der Waals surface area contributed by atoms with E-state index in [9.17, 15) is 18.0 Å². The standard InChI is InChI=1S/C32H38ClN3O6S/c1-23(32(38)34-26-12-5-4-6-13-26)35(21-24-10-9-11-25(33)20-24)31(37)22-36(29-14-7-8-15-30(29)42-3)43(39,40)28-18-16-27(41-2)17-19-28/h7-11,14-20,23,26H,4-6,12-13,21-22H2,1-3H3,(H,34,38). The Morgan fingerprint density at radius 1 is 0.953 bits per heavy atom. The minimum absolute atomic E-state index is 0.0310. The first-order valence-electron chi connectivity index (χ1n) is 14.3. The number of ether oxygens (including phenoxy) is 2. The molecule has 0 aromatic heterocycles. The number of para-hydroxylation sites is 2. The number of halogens is 1. The summed E-state index contributed by atoms with van der Waals surface area (Å²) < 4.78 is 39.9. The van der Waals surface area contributed by atoms with Crippen LogP contribution in [0.5, 0.6) is 11.5 Å². The molecule has 1 N–H and O–H groups in total. The van der Waals surface area contributed by atoms with Gasteiger partial charge in [0, 0.05) is 17.6 Å². The Labute approximate surface area is 258 Å². The number of amides is 2. The molecular weight excluding hydrogens is 590 g/mol. The van der Waals surface area contributed by atoms with E-state index in [1.165, 1.54) is 43.4 Å². The maximum atomic E-state index is 14.2. The van der Waals surface area contributed by atoms with Crippen molar-refractivity contribution in [3.05, 3.63) is 83.4 Å². The summed E-state index contributed by atoms with van der Waals surface area (Å²) >= 11 is 6.23. The Balaban J connectivity index is 1.71. The number of nitrogens with one attached hydrogen (secondary N) is 1. The average Bonchev–Trinajstić information content (AvgIpc) is 3.02. The van der Waals surface area contributed by atoms with Crippen molar-refractivity contribution in [1.29, 1.82) is 0 Å². The zero-order valence-electron chi connectivity index (χ0n) is 24.7. The molecule has 0 radical (unpaired) electrons. The number of methoxy groups -OCH3 is 2. The molecule has 0 aliphatic heterocycles. The largest absolute Gasteiger partial charge is 0.497 e. The number of carbonyl (C=O) groups excluding carboxylic acids is 2. The summed E-state index contributed by atoms with van der Waals surface area (Å²) in [6.07, 6.45) is 5.01. The second kappa shape index (κ2) is 14.6. The van der Waals surface area contributed by atoms with E-state index >= 15 is 0 Å². The van der Waals surface area contributed by atoms with Gasteiger partial charge in [0.15, 0.2) is 0 Å². The lowest BCUT2D eigenvalue weighted by molar-refractivity contribution is -0.139. The van der Waals surface area contributed by atoms with Gasteiger partial charge >= 0.3 is 0 Å². The lowest BCUT2D eigenvalue weighted by Crippen LogP contribution is -2.53. The summed E-state index contributed by atoms with van der Waals surface area (Å²) in [7, 11) is -1.34. The van der Waals surface area contributed by atoms with Gasteiger partial charge in [-0.25, -0.2) is 8.42 Å². The molecule has 1 aliphatic rings. The normalized spacial score (nSPS) is 14.4. The van der Waals surface area contributed by atoms with Crippen molar-refractivity contribution in [3.63, 3.8) is 0 Å². The van der Waals surface area contributed by atoms with E-state index in [0.717, 1.165) is 36.4 Å². The predicted octanol–water partition coefficient (Wildman–Crippen LogP) is 5.42. The van der Waals surface area contributed by atoms with E-state index in [0.29, 0.717) is 16.3 Å². The molecule has 2 amide bonds. The smallest absolute Gasteiger partial charge is 0.264 e. The summed E-state index contributed by atoms with van der Waals surface area (Å²) in [5, 5.41) is 3.59. The summed E-state index contributed by atoms with van der Waals surface area (Å²) in [4.78, 5) is 29.0. The topological polar surface area (TPSA) is 105 Å². The van der Waals surface area contributed by atoms with Gasteiger partial charge < -0.3 is 19.7 Å². The molecule has 1 atom stereocenters. The fourth-order valence-corrected chi connectivity index (χ4v) is 6.84. The number of anilines is 1. The van der Waals surface area contributed by atoms with Crippen molar-refractivity contribution < 1.29 is 27.5 Å². The molecule has 0 saturated heterocycles. The lowest BCUT2D eigenvalue weighted by Gasteiger charge is -2.33. The molecule has 1 fully saturated rings. The molecule has 0 spiro atoms. The van der Waals surface area contributed by atoms with E-state index in [4.69, 9.17) is 21.1 Å². The number of sulfonamides is 1. The molecule has 3 aromatic rings. The highest BCUT2D eigenvalue weighted by Crippen LogP contribution is 2.33. The maximum Gasteiger partial charge on any atom is 0.264 e. The Kier molecular flexibility index (Phi) is 10.9. The van der Waals surface area contributed by atoms with Crippen LogP contribution in [0.1, 0.15) is 44.6 Å². The summed E-state index contributed by atoms with van der Waals surface area (Å²) in [6.45, 7) is 1.14. The highest BCUT2D eigenvalue weighted by Gasteiger charge is 2.34. The quantitative estimate of drug-likeness (QED) is 0.288. The third-order valence-electron chi connectivity index (χ3n) is 7.64. The molecule has 1 aliphatic carbocycles. The summed E-state index contributed by atoms with van der Waals surface area (Å²) in [6, 6.07) is 18.7. The molecule has 3 aromatic carbocycles. The molecule has 1 unspecified atom stereocenters. The van der Waals surface area contributed by atoms with Crippen molar-refractivity contribution in [2.75, 3.05) is 25.1 Å². The van der Waals surface area contributed by atoms with E-state index in [1.54, 1.807) is 49.4 Å². The Hall–Kier alpha value is -3.76. The third-order valence-corrected chi connectivity index (χ3v) is 9.65. The van der Waals surface area contributed by atoms with E-state index in [-0.39, 0.29) is 34.8 Å². The van der Waals surface area contributed by atoms with Gasteiger partial charge in [-0.05, 0) is 73.9 Å². The fourth-order valence-electron chi connectivity index (χ4n) is 5.21. The molecule has 43 heavy (non-hydrogen) atoms. The molecule has 9 nitrogen and oxygen atoms in total. The van der Waals surface area contributed by atoms with Gasteiger partial charge in [0.2, 0.25) is 11.8 Å². The minimum atomic E-state index is -4.26. The molecule has 230 valence electrons. The molecule has 0 bridgehead atoms. The zero-order valence-corrected chi connectivity index (χ0v) is 26.2. The first-order valence-corrected chi connectivity index (χ1v) is 16.1. The number of carbonyl (C=O) groups is 2. The van der Waals surface area contributed by atoms with Crippen LogP contribution in [0.25, 0.3) is 0 Å². The molecule has 1 saturated carbocycles. The maximum absolute atomic E-state index is 14.2. The number of benzene rings is 3. The first-order chi connectivity index (χ1) is 20.6. The molecule has 11 heteroatoms. The number of hydrogen-bond acceptors (Lipinski definition) is 6. The van der Waals surface area contributed by atoms with E-state index in [1.807, 2.05) is 6.07 Å². The van der Waals surface area contributed by atoms with Gasteiger partial charge in [0.25, 0.3) is 10.0 Å². The number of rotatable bonds is 12. The van der Waals surface area contributed by atoms with Gasteiger partial charge in [0.05, 0.1) is 24.8 Å². The van der Waals surface area contributed by atoms with Crippen LogP contribution in [0.3, 0.4) is 0 Å². The van der Waals surface area contributed by atoms with Crippen LogP contribution in [0.2, 0.25) is 5.02 Å². The van der Waals surface area contributed by atoms with Crippen LogP contribution in [-0.4, -0.2) is 58.0 Å². The van der Waals surface area contributed by atoms with Crippen LogP contribution in [0, 0.1) is 0 Å².